The second-order valence-electron chi connectivity index (χ2n) is 7.72. The average Bonchev–Trinajstić information content (AvgIpc) is 3.04. The summed E-state index contributed by atoms with van der Waals surface area (Å²) in [5, 5.41) is 14.8. The number of fused-ring (bicyclic) bond motifs is 1. The van der Waals surface area contributed by atoms with Crippen molar-refractivity contribution in [2.45, 2.75) is 45.5 Å². The maximum absolute atomic E-state index is 13.2. The van der Waals surface area contributed by atoms with Gasteiger partial charge in [-0.25, -0.2) is 9.59 Å². The third kappa shape index (κ3) is 4.20. The van der Waals surface area contributed by atoms with Crippen molar-refractivity contribution in [1.29, 1.82) is 0 Å². The van der Waals surface area contributed by atoms with Gasteiger partial charge in [-0.3, -0.25) is 5.10 Å². The van der Waals surface area contributed by atoms with Crippen LogP contribution in [-0.4, -0.2) is 44.4 Å². The number of aromatic nitrogens is 2. The Morgan fingerprint density at radius 1 is 1.24 bits per heavy atom. The van der Waals surface area contributed by atoms with E-state index in [0.29, 0.717) is 23.1 Å². The number of rotatable bonds is 2. The number of amides is 1. The Labute approximate surface area is 164 Å². The van der Waals surface area contributed by atoms with Crippen LogP contribution in [0.4, 0.5) is 18.0 Å². The average molecular weight is 411 g/mol. The molecule has 0 unspecified atom stereocenters. The lowest BCUT2D eigenvalue weighted by atomic mass is 9.91. The summed E-state index contributed by atoms with van der Waals surface area (Å²) in [5.74, 6) is -1.72. The number of aromatic carboxylic acids is 1. The van der Waals surface area contributed by atoms with Crippen LogP contribution in [0.15, 0.2) is 18.2 Å². The first-order valence-corrected chi connectivity index (χ1v) is 8.86. The molecule has 1 aromatic carbocycles. The van der Waals surface area contributed by atoms with Gasteiger partial charge in [-0.05, 0) is 38.3 Å². The molecule has 0 atom stereocenters. The first-order valence-electron chi connectivity index (χ1n) is 8.86. The van der Waals surface area contributed by atoms with Crippen LogP contribution in [0.5, 0.6) is 0 Å². The van der Waals surface area contributed by atoms with Gasteiger partial charge < -0.3 is 14.7 Å². The SMILES string of the molecule is CC(C)(C)OC(=O)N1CCc2c(cccc2-c2n[nH]c(C(F)(F)F)c2C(=O)O)C1. The number of hydrogen-bond acceptors (Lipinski definition) is 4. The Morgan fingerprint density at radius 3 is 2.52 bits per heavy atom. The Bertz CT molecular complexity index is 961. The number of ether oxygens (including phenoxy) is 1. The molecular formula is C19H20F3N3O4. The molecule has 1 aromatic heterocycles. The highest BCUT2D eigenvalue weighted by atomic mass is 19.4. The van der Waals surface area contributed by atoms with Crippen LogP contribution in [0.3, 0.4) is 0 Å². The summed E-state index contributed by atoms with van der Waals surface area (Å²) in [6.45, 7) is 5.76. The molecule has 0 fully saturated rings. The van der Waals surface area contributed by atoms with E-state index in [-0.39, 0.29) is 18.8 Å². The highest BCUT2D eigenvalue weighted by Gasteiger charge is 2.40. The normalized spacial score (nSPS) is 14.5. The van der Waals surface area contributed by atoms with Gasteiger partial charge in [0, 0.05) is 18.7 Å². The van der Waals surface area contributed by atoms with Crippen molar-refractivity contribution in [1.82, 2.24) is 15.1 Å². The number of benzene rings is 1. The minimum Gasteiger partial charge on any atom is -0.478 e. The number of carboxylic acid groups (broad SMARTS) is 1. The van der Waals surface area contributed by atoms with Crippen LogP contribution in [0.2, 0.25) is 0 Å². The van der Waals surface area contributed by atoms with Gasteiger partial charge >= 0.3 is 18.2 Å². The zero-order valence-electron chi connectivity index (χ0n) is 16.1. The van der Waals surface area contributed by atoms with Crippen LogP contribution in [-0.2, 0) is 23.9 Å². The maximum Gasteiger partial charge on any atom is 0.433 e. The Balaban J connectivity index is 1.99. The molecule has 1 amide bonds. The van der Waals surface area contributed by atoms with Crippen LogP contribution >= 0.6 is 0 Å². The molecule has 1 aliphatic rings. The number of H-pyrrole nitrogens is 1. The standard InChI is InChI=1S/C19H20F3N3O4/c1-18(2,3)29-17(28)25-8-7-11-10(9-25)5-4-6-12(11)14-13(16(26)27)15(24-23-14)19(20,21)22/h4-6H,7-9H2,1-3H3,(H,23,24)(H,26,27). The van der Waals surface area contributed by atoms with E-state index in [1.54, 1.807) is 32.9 Å². The summed E-state index contributed by atoms with van der Waals surface area (Å²) in [4.78, 5) is 25.4. The third-order valence-corrected chi connectivity index (χ3v) is 4.44. The Kier molecular flexibility index (Phi) is 5.06. The second-order valence-corrected chi connectivity index (χ2v) is 7.72. The molecule has 3 rings (SSSR count). The van der Waals surface area contributed by atoms with E-state index in [1.165, 1.54) is 11.0 Å². The molecule has 10 heteroatoms. The maximum atomic E-state index is 13.2. The Morgan fingerprint density at radius 2 is 1.93 bits per heavy atom. The molecule has 156 valence electrons. The van der Waals surface area contributed by atoms with E-state index in [1.807, 2.05) is 5.10 Å². The number of hydrogen-bond donors (Lipinski definition) is 2. The summed E-state index contributed by atoms with van der Waals surface area (Å²) in [6, 6.07) is 4.87. The predicted molar refractivity (Wildman–Crippen MR) is 96.3 cm³/mol. The van der Waals surface area contributed by atoms with Gasteiger partial charge in [0.25, 0.3) is 0 Å². The fourth-order valence-corrected chi connectivity index (χ4v) is 3.26. The molecule has 0 saturated heterocycles. The third-order valence-electron chi connectivity index (χ3n) is 4.44. The van der Waals surface area contributed by atoms with E-state index < -0.39 is 35.1 Å². The van der Waals surface area contributed by atoms with Gasteiger partial charge in [0.1, 0.15) is 16.9 Å². The molecule has 0 saturated carbocycles. The molecule has 0 aliphatic carbocycles. The largest absolute Gasteiger partial charge is 0.478 e. The minimum absolute atomic E-state index is 0.205. The summed E-state index contributed by atoms with van der Waals surface area (Å²) < 4.78 is 44.8. The van der Waals surface area contributed by atoms with Gasteiger partial charge in [-0.15, -0.1) is 0 Å². The van der Waals surface area contributed by atoms with E-state index in [0.717, 1.165) is 0 Å². The fourth-order valence-electron chi connectivity index (χ4n) is 3.26. The van der Waals surface area contributed by atoms with Crippen molar-refractivity contribution in [3.8, 4) is 11.3 Å². The molecule has 2 aromatic rings. The molecule has 2 N–H and O–H groups in total. The lowest BCUT2D eigenvalue weighted by molar-refractivity contribution is -0.141. The van der Waals surface area contributed by atoms with E-state index in [9.17, 15) is 27.9 Å². The molecule has 0 spiro atoms. The zero-order valence-corrected chi connectivity index (χ0v) is 16.1. The van der Waals surface area contributed by atoms with Gasteiger partial charge in [0.2, 0.25) is 0 Å². The molecule has 29 heavy (non-hydrogen) atoms. The number of nitrogens with zero attached hydrogens (tertiary/aromatic N) is 2. The van der Waals surface area contributed by atoms with Crippen LogP contribution in [0.25, 0.3) is 11.3 Å². The monoisotopic (exact) mass is 411 g/mol. The molecule has 0 radical (unpaired) electrons. The van der Waals surface area contributed by atoms with Crippen molar-refractivity contribution in [2.24, 2.45) is 0 Å². The molecular weight excluding hydrogens is 391 g/mol. The number of nitrogens with one attached hydrogen (secondary N) is 1. The number of carboxylic acids is 1. The quantitative estimate of drug-likeness (QED) is 0.776. The smallest absolute Gasteiger partial charge is 0.433 e. The van der Waals surface area contributed by atoms with Crippen molar-refractivity contribution < 1.29 is 32.6 Å². The summed E-state index contributed by atoms with van der Waals surface area (Å²) in [7, 11) is 0. The number of halogens is 3. The first-order chi connectivity index (χ1) is 13.4. The molecule has 0 bridgehead atoms. The van der Waals surface area contributed by atoms with Gasteiger partial charge in [-0.1, -0.05) is 18.2 Å². The molecule has 7 nitrogen and oxygen atoms in total. The van der Waals surface area contributed by atoms with Crippen molar-refractivity contribution in [2.75, 3.05) is 6.54 Å². The molecule has 1 aliphatic heterocycles. The summed E-state index contributed by atoms with van der Waals surface area (Å²) in [6.07, 6.45) is -5.03. The highest BCUT2D eigenvalue weighted by Crippen LogP contribution is 2.37. The van der Waals surface area contributed by atoms with E-state index >= 15 is 0 Å². The lowest BCUT2D eigenvalue weighted by Gasteiger charge is -2.32. The van der Waals surface area contributed by atoms with Crippen LogP contribution in [0, 0.1) is 0 Å². The lowest BCUT2D eigenvalue weighted by Crippen LogP contribution is -2.40. The van der Waals surface area contributed by atoms with E-state index in [4.69, 9.17) is 4.74 Å². The summed E-state index contributed by atoms with van der Waals surface area (Å²) >= 11 is 0. The first kappa shape index (κ1) is 20.7. The molecule has 2 heterocycles. The Hall–Kier alpha value is -3.04. The second kappa shape index (κ2) is 7.09. The van der Waals surface area contributed by atoms with Gasteiger partial charge in [0.15, 0.2) is 5.69 Å². The van der Waals surface area contributed by atoms with Gasteiger partial charge in [-0.2, -0.15) is 18.3 Å². The number of carbonyl (C=O) groups excluding carboxylic acids is 1. The number of aromatic amines is 1. The predicted octanol–water partition coefficient (Wildman–Crippen LogP) is 4.09. The van der Waals surface area contributed by atoms with Gasteiger partial charge in [0.05, 0.1) is 0 Å². The topological polar surface area (TPSA) is 95.5 Å². The van der Waals surface area contributed by atoms with Crippen LogP contribution in [0.1, 0.15) is 48.0 Å². The zero-order chi connectivity index (χ0) is 21.6. The van der Waals surface area contributed by atoms with Crippen molar-refractivity contribution in [3.63, 3.8) is 0 Å². The number of alkyl halides is 3. The van der Waals surface area contributed by atoms with Crippen molar-refractivity contribution in [3.05, 3.63) is 40.6 Å². The van der Waals surface area contributed by atoms with Crippen molar-refractivity contribution >= 4 is 12.1 Å². The fraction of sp³-hybridized carbons (Fsp3) is 0.421. The van der Waals surface area contributed by atoms with E-state index in [2.05, 4.69) is 5.10 Å². The minimum atomic E-state index is -4.87. The number of carbonyl (C=O) groups is 2. The van der Waals surface area contributed by atoms with Crippen LogP contribution < -0.4 is 0 Å². The summed E-state index contributed by atoms with van der Waals surface area (Å²) in [5.41, 5.74) is -1.58. The highest BCUT2D eigenvalue weighted by molar-refractivity contribution is 5.97.